The molecule has 0 radical (unpaired) electrons. The first kappa shape index (κ1) is 19.4. The van der Waals surface area contributed by atoms with E-state index in [1.807, 2.05) is 25.7 Å². The van der Waals surface area contributed by atoms with Crippen LogP contribution < -0.4 is 5.32 Å². The maximum atomic E-state index is 12.6. The van der Waals surface area contributed by atoms with Crippen LogP contribution >= 0.6 is 15.9 Å². The monoisotopic (exact) mass is 417 g/mol. The Balaban J connectivity index is 1.92. The number of halogens is 1. The summed E-state index contributed by atoms with van der Waals surface area (Å²) in [6.07, 6.45) is 0. The number of carbonyl (C=O) groups excluding carboxylic acids is 1. The third kappa shape index (κ3) is 5.27. The van der Waals surface area contributed by atoms with Gasteiger partial charge in [-0.1, -0.05) is 15.9 Å². The van der Waals surface area contributed by atoms with Crippen LogP contribution in [0.4, 0.5) is 0 Å². The second-order valence-electron chi connectivity index (χ2n) is 6.93. The summed E-state index contributed by atoms with van der Waals surface area (Å²) in [7, 11) is -3.47. The summed E-state index contributed by atoms with van der Waals surface area (Å²) in [5.74, 6) is -0.0354. The lowest BCUT2D eigenvalue weighted by atomic mass is 10.1. The highest BCUT2D eigenvalue weighted by atomic mass is 79.9. The second-order valence-corrected chi connectivity index (χ2v) is 9.79. The fourth-order valence-electron chi connectivity index (χ4n) is 2.54. The molecule has 1 fully saturated rings. The summed E-state index contributed by atoms with van der Waals surface area (Å²) >= 11 is 3.31. The van der Waals surface area contributed by atoms with Crippen LogP contribution in [0.25, 0.3) is 0 Å². The van der Waals surface area contributed by atoms with E-state index in [0.29, 0.717) is 37.6 Å². The average Bonchev–Trinajstić information content (AvgIpc) is 2.46. The largest absolute Gasteiger partial charge is 0.350 e. The van der Waals surface area contributed by atoms with Crippen molar-refractivity contribution in [3.63, 3.8) is 0 Å². The maximum Gasteiger partial charge on any atom is 0.243 e. The third-order valence-electron chi connectivity index (χ3n) is 3.66. The predicted molar refractivity (Wildman–Crippen MR) is 97.2 cm³/mol. The number of sulfonamides is 1. The molecule has 0 saturated carbocycles. The molecule has 0 unspecified atom stereocenters. The third-order valence-corrected chi connectivity index (χ3v) is 6.11. The van der Waals surface area contributed by atoms with Crippen LogP contribution in [-0.4, -0.2) is 61.8 Å². The van der Waals surface area contributed by atoms with E-state index in [9.17, 15) is 13.2 Å². The minimum atomic E-state index is -3.47. The van der Waals surface area contributed by atoms with Crippen molar-refractivity contribution < 1.29 is 13.2 Å². The summed E-state index contributed by atoms with van der Waals surface area (Å²) in [4.78, 5) is 14.2. The molecular weight excluding hydrogens is 394 g/mol. The molecule has 1 heterocycles. The SMILES string of the molecule is CC(C)(C)NC(=O)CN1CCN(S(=O)(=O)c2ccc(Br)cc2)CC1. The summed E-state index contributed by atoms with van der Waals surface area (Å²) in [5.41, 5.74) is -0.260. The van der Waals surface area contributed by atoms with Crippen molar-refractivity contribution in [1.29, 1.82) is 0 Å². The topological polar surface area (TPSA) is 69.7 Å². The normalized spacial score (nSPS) is 17.7. The minimum absolute atomic E-state index is 0.0354. The molecule has 1 amide bonds. The first-order valence-electron chi connectivity index (χ1n) is 7.87. The number of hydrogen-bond acceptors (Lipinski definition) is 4. The molecule has 24 heavy (non-hydrogen) atoms. The Morgan fingerprint density at radius 2 is 1.67 bits per heavy atom. The molecule has 1 N–H and O–H groups in total. The molecule has 0 bridgehead atoms. The fourth-order valence-corrected chi connectivity index (χ4v) is 4.23. The maximum absolute atomic E-state index is 12.6. The fraction of sp³-hybridized carbons (Fsp3) is 0.562. The Hall–Kier alpha value is -0.960. The van der Waals surface area contributed by atoms with Gasteiger partial charge in [-0.3, -0.25) is 9.69 Å². The molecule has 6 nitrogen and oxygen atoms in total. The van der Waals surface area contributed by atoms with Crippen LogP contribution in [0.1, 0.15) is 20.8 Å². The standard InChI is InChI=1S/C16H24BrN3O3S/c1-16(2,3)18-15(21)12-19-8-10-20(11-9-19)24(22,23)14-6-4-13(17)5-7-14/h4-7H,8-12H2,1-3H3,(H,18,21). The van der Waals surface area contributed by atoms with E-state index in [0.717, 1.165) is 4.47 Å². The van der Waals surface area contributed by atoms with Crippen LogP contribution in [0.15, 0.2) is 33.6 Å². The first-order chi connectivity index (χ1) is 11.1. The molecule has 2 rings (SSSR count). The van der Waals surface area contributed by atoms with Crippen molar-refractivity contribution in [2.75, 3.05) is 32.7 Å². The van der Waals surface area contributed by atoms with E-state index in [2.05, 4.69) is 21.2 Å². The summed E-state index contributed by atoms with van der Waals surface area (Å²) in [5, 5.41) is 2.92. The van der Waals surface area contributed by atoms with Gasteiger partial charge in [0.05, 0.1) is 11.4 Å². The van der Waals surface area contributed by atoms with Crippen molar-refractivity contribution in [3.05, 3.63) is 28.7 Å². The highest BCUT2D eigenvalue weighted by Crippen LogP contribution is 2.20. The number of hydrogen-bond donors (Lipinski definition) is 1. The molecule has 0 atom stereocenters. The molecule has 1 aliphatic heterocycles. The van der Waals surface area contributed by atoms with Gasteiger partial charge in [0.15, 0.2) is 0 Å². The van der Waals surface area contributed by atoms with Gasteiger partial charge >= 0.3 is 0 Å². The average molecular weight is 418 g/mol. The van der Waals surface area contributed by atoms with Gasteiger partial charge in [-0.15, -0.1) is 0 Å². The number of nitrogens with one attached hydrogen (secondary N) is 1. The predicted octanol–water partition coefficient (Wildman–Crippen LogP) is 1.67. The van der Waals surface area contributed by atoms with Gasteiger partial charge in [0.25, 0.3) is 0 Å². The zero-order valence-electron chi connectivity index (χ0n) is 14.3. The van der Waals surface area contributed by atoms with Gasteiger partial charge in [0.2, 0.25) is 15.9 Å². The summed E-state index contributed by atoms with van der Waals surface area (Å²) in [6.45, 7) is 7.99. The Morgan fingerprint density at radius 1 is 1.12 bits per heavy atom. The molecule has 0 aliphatic carbocycles. The van der Waals surface area contributed by atoms with Crippen LogP contribution in [0.3, 0.4) is 0 Å². The minimum Gasteiger partial charge on any atom is -0.350 e. The van der Waals surface area contributed by atoms with Crippen molar-refractivity contribution >= 4 is 31.9 Å². The number of amides is 1. The molecule has 0 spiro atoms. The zero-order valence-corrected chi connectivity index (χ0v) is 16.7. The Morgan fingerprint density at radius 3 is 2.17 bits per heavy atom. The zero-order chi connectivity index (χ0) is 18.0. The lowest BCUT2D eigenvalue weighted by Gasteiger charge is -2.34. The lowest BCUT2D eigenvalue weighted by Crippen LogP contribution is -2.52. The number of nitrogens with zero attached hydrogens (tertiary/aromatic N) is 2. The van der Waals surface area contributed by atoms with Crippen molar-refractivity contribution in [3.8, 4) is 0 Å². The van der Waals surface area contributed by atoms with Gasteiger partial charge in [0.1, 0.15) is 0 Å². The van der Waals surface area contributed by atoms with Crippen molar-refractivity contribution in [1.82, 2.24) is 14.5 Å². The first-order valence-corrected chi connectivity index (χ1v) is 10.1. The molecule has 8 heteroatoms. The summed E-state index contributed by atoms with van der Waals surface area (Å²) < 4.78 is 27.6. The lowest BCUT2D eigenvalue weighted by molar-refractivity contribution is -0.123. The Labute approximate surface area is 152 Å². The van der Waals surface area contributed by atoms with Gasteiger partial charge in [-0.05, 0) is 45.0 Å². The number of benzene rings is 1. The Kier molecular flexibility index (Phi) is 6.06. The van der Waals surface area contributed by atoms with Gasteiger partial charge in [-0.25, -0.2) is 8.42 Å². The molecule has 134 valence electrons. The smallest absolute Gasteiger partial charge is 0.243 e. The van der Waals surface area contributed by atoms with E-state index in [-0.39, 0.29) is 11.4 Å². The van der Waals surface area contributed by atoms with Crippen LogP contribution in [0.5, 0.6) is 0 Å². The molecule has 1 aromatic rings. The second kappa shape index (κ2) is 7.51. The quantitative estimate of drug-likeness (QED) is 0.808. The highest BCUT2D eigenvalue weighted by Gasteiger charge is 2.29. The number of carbonyl (C=O) groups is 1. The van der Waals surface area contributed by atoms with Crippen molar-refractivity contribution in [2.24, 2.45) is 0 Å². The molecular formula is C16H24BrN3O3S. The van der Waals surface area contributed by atoms with Crippen molar-refractivity contribution in [2.45, 2.75) is 31.2 Å². The van der Waals surface area contributed by atoms with Crippen LogP contribution in [0, 0.1) is 0 Å². The van der Waals surface area contributed by atoms with Gasteiger partial charge in [0, 0.05) is 36.2 Å². The number of rotatable bonds is 4. The molecule has 1 aliphatic rings. The summed E-state index contributed by atoms with van der Waals surface area (Å²) in [6, 6.07) is 6.64. The van der Waals surface area contributed by atoms with E-state index >= 15 is 0 Å². The van der Waals surface area contributed by atoms with E-state index < -0.39 is 10.0 Å². The Bertz CT molecular complexity index is 676. The van der Waals surface area contributed by atoms with Gasteiger partial charge < -0.3 is 5.32 Å². The molecule has 0 aromatic heterocycles. The molecule has 1 aromatic carbocycles. The van der Waals surface area contributed by atoms with Crippen LogP contribution in [-0.2, 0) is 14.8 Å². The van der Waals surface area contributed by atoms with Crippen LogP contribution in [0.2, 0.25) is 0 Å². The van der Waals surface area contributed by atoms with E-state index in [1.54, 1.807) is 24.3 Å². The van der Waals surface area contributed by atoms with Gasteiger partial charge in [-0.2, -0.15) is 4.31 Å². The molecule has 1 saturated heterocycles. The highest BCUT2D eigenvalue weighted by molar-refractivity contribution is 9.10. The van der Waals surface area contributed by atoms with E-state index in [4.69, 9.17) is 0 Å². The number of piperazine rings is 1. The van der Waals surface area contributed by atoms with E-state index in [1.165, 1.54) is 4.31 Å².